The number of amides is 1. The predicted molar refractivity (Wildman–Crippen MR) is 149 cm³/mol. The van der Waals surface area contributed by atoms with Crippen LogP contribution in [0, 0.1) is 5.82 Å². The summed E-state index contributed by atoms with van der Waals surface area (Å²) in [4.78, 5) is 27.4. The van der Waals surface area contributed by atoms with Gasteiger partial charge in [-0.05, 0) is 61.7 Å². The van der Waals surface area contributed by atoms with Crippen LogP contribution in [0.5, 0.6) is 11.8 Å². The maximum absolute atomic E-state index is 14.9. The number of aromatic hydroxyl groups is 1. The third-order valence-corrected chi connectivity index (χ3v) is 8.22. The van der Waals surface area contributed by atoms with Gasteiger partial charge in [-0.2, -0.15) is 9.97 Å². The molecule has 39 heavy (non-hydrogen) atoms. The Kier molecular flexibility index (Phi) is 7.25. The van der Waals surface area contributed by atoms with Crippen LogP contribution in [0.1, 0.15) is 73.5 Å². The van der Waals surface area contributed by atoms with E-state index in [2.05, 4.69) is 10.2 Å². The molecule has 0 bridgehead atoms. The first-order valence-electron chi connectivity index (χ1n) is 14.3. The number of piperidine rings is 1. The molecule has 0 spiro atoms. The second kappa shape index (κ2) is 11.0. The normalized spacial score (nSPS) is 19.8. The first kappa shape index (κ1) is 25.8. The van der Waals surface area contributed by atoms with Crippen LogP contribution < -0.4 is 19.9 Å². The zero-order valence-corrected chi connectivity index (χ0v) is 22.5. The van der Waals surface area contributed by atoms with E-state index in [1.54, 1.807) is 23.1 Å². The van der Waals surface area contributed by atoms with Crippen LogP contribution in [0.2, 0.25) is 0 Å². The van der Waals surface area contributed by atoms with Crippen LogP contribution in [-0.2, 0) is 13.0 Å². The molecule has 3 aromatic rings. The Morgan fingerprint density at radius 3 is 2.67 bits per heavy atom. The van der Waals surface area contributed by atoms with E-state index in [1.807, 2.05) is 6.92 Å². The van der Waals surface area contributed by atoms with E-state index in [9.17, 15) is 14.3 Å². The number of hydrogen-bond acceptors (Lipinski definition) is 7. The van der Waals surface area contributed by atoms with E-state index < -0.39 is 0 Å². The highest BCUT2D eigenvalue weighted by atomic mass is 19.1. The van der Waals surface area contributed by atoms with Gasteiger partial charge in [0.1, 0.15) is 29.6 Å². The minimum atomic E-state index is -0.321. The number of benzene rings is 2. The molecule has 4 heterocycles. The summed E-state index contributed by atoms with van der Waals surface area (Å²) in [6.07, 6.45) is 8.24. The Labute approximate surface area is 228 Å². The number of aromatic nitrogens is 2. The molecule has 0 unspecified atom stereocenters. The van der Waals surface area contributed by atoms with Crippen LogP contribution in [0.15, 0.2) is 24.3 Å². The van der Waals surface area contributed by atoms with Crippen LogP contribution in [0.25, 0.3) is 10.8 Å². The molecule has 206 valence electrons. The molecule has 2 saturated heterocycles. The smallest absolute Gasteiger partial charge is 0.318 e. The maximum Gasteiger partial charge on any atom is 0.318 e. The minimum absolute atomic E-state index is 0.0257. The Morgan fingerprint density at radius 1 is 1.10 bits per heavy atom. The number of fused-ring (bicyclic) bond motifs is 2. The molecule has 9 heteroatoms. The van der Waals surface area contributed by atoms with E-state index in [4.69, 9.17) is 14.7 Å². The molecule has 1 atom stereocenters. The minimum Gasteiger partial charge on any atom is -0.508 e. The molecule has 8 nitrogen and oxygen atoms in total. The average Bonchev–Trinajstić information content (AvgIpc) is 3.10. The largest absolute Gasteiger partial charge is 0.508 e. The molecule has 6 rings (SSSR count). The molecule has 0 aliphatic carbocycles. The summed E-state index contributed by atoms with van der Waals surface area (Å²) in [6, 6.07) is 6.77. The zero-order chi connectivity index (χ0) is 26.9. The Bertz CT molecular complexity index is 1380. The molecule has 3 aliphatic rings. The fourth-order valence-electron chi connectivity index (χ4n) is 6.21. The third-order valence-electron chi connectivity index (χ3n) is 8.22. The lowest BCUT2D eigenvalue weighted by Crippen LogP contribution is -2.38. The fraction of sp³-hybridized carbons (Fsp3) is 0.500. The number of nitrogens with zero attached hydrogens (tertiary/aromatic N) is 4. The number of phenols is 1. The number of halogens is 1. The molecule has 2 aromatic carbocycles. The number of carbonyl (C=O) groups is 1. The van der Waals surface area contributed by atoms with Gasteiger partial charge in [-0.3, -0.25) is 4.79 Å². The number of aryl methyl sites for hydroxylation is 1. The number of ether oxygens (including phenoxy) is 1. The van der Waals surface area contributed by atoms with Gasteiger partial charge in [-0.15, -0.1) is 0 Å². The monoisotopic (exact) mass is 533 g/mol. The van der Waals surface area contributed by atoms with Crippen molar-refractivity contribution in [2.75, 3.05) is 36.0 Å². The van der Waals surface area contributed by atoms with Crippen molar-refractivity contribution in [2.45, 2.75) is 70.9 Å². The number of anilines is 2. The second-order valence-electron chi connectivity index (χ2n) is 10.8. The lowest BCUT2D eigenvalue weighted by Gasteiger charge is -2.25. The lowest BCUT2D eigenvalue weighted by atomic mass is 9.99. The maximum atomic E-state index is 14.9. The van der Waals surface area contributed by atoms with E-state index in [-0.39, 0.29) is 36.1 Å². The standard InChI is InChI=1S/C30H36FN5O3/c1-2-22-23(31)11-10-19-15-21(37)16-25(26(19)22)36-17-24-27(29(36)38)28(35-13-7-3-4-8-14-35)34-30(33-24)39-18-20-9-5-6-12-32-20/h10-11,15-16,20,32,37H,2-9,12-14,17-18H2,1H3/t20-/m0/s1. The van der Waals surface area contributed by atoms with Crippen molar-refractivity contribution in [2.24, 2.45) is 0 Å². The van der Waals surface area contributed by atoms with Gasteiger partial charge in [-0.1, -0.05) is 32.3 Å². The molecule has 1 aromatic heterocycles. The van der Waals surface area contributed by atoms with Crippen molar-refractivity contribution < 1.29 is 19.0 Å². The number of nitrogens with one attached hydrogen (secondary N) is 1. The van der Waals surface area contributed by atoms with Gasteiger partial charge in [0.15, 0.2) is 0 Å². The molecule has 2 fully saturated rings. The summed E-state index contributed by atoms with van der Waals surface area (Å²) in [5, 5.41) is 15.4. The van der Waals surface area contributed by atoms with Crippen molar-refractivity contribution in [1.29, 1.82) is 0 Å². The molecule has 1 amide bonds. The van der Waals surface area contributed by atoms with E-state index >= 15 is 0 Å². The quantitative estimate of drug-likeness (QED) is 0.456. The van der Waals surface area contributed by atoms with Gasteiger partial charge in [0.25, 0.3) is 5.91 Å². The highest BCUT2D eigenvalue weighted by Crippen LogP contribution is 2.41. The zero-order valence-electron chi connectivity index (χ0n) is 22.5. The van der Waals surface area contributed by atoms with Crippen LogP contribution in [0.4, 0.5) is 15.9 Å². The van der Waals surface area contributed by atoms with Crippen LogP contribution in [0.3, 0.4) is 0 Å². The number of carbonyl (C=O) groups excluding carboxylic acids is 1. The van der Waals surface area contributed by atoms with Crippen molar-refractivity contribution in [1.82, 2.24) is 15.3 Å². The van der Waals surface area contributed by atoms with Crippen molar-refractivity contribution in [3.05, 3.63) is 46.9 Å². The average molecular weight is 534 g/mol. The molecular weight excluding hydrogens is 497 g/mol. The van der Waals surface area contributed by atoms with Crippen LogP contribution in [-0.4, -0.2) is 53.3 Å². The number of phenolic OH excluding ortho intramolecular Hbond substituents is 1. The van der Waals surface area contributed by atoms with Gasteiger partial charge in [0.2, 0.25) is 0 Å². The fourth-order valence-corrected chi connectivity index (χ4v) is 6.21. The number of hydrogen-bond donors (Lipinski definition) is 2. The Morgan fingerprint density at radius 2 is 1.92 bits per heavy atom. The highest BCUT2D eigenvalue weighted by Gasteiger charge is 2.37. The molecule has 3 aliphatic heterocycles. The van der Waals surface area contributed by atoms with Gasteiger partial charge >= 0.3 is 6.01 Å². The lowest BCUT2D eigenvalue weighted by molar-refractivity contribution is 0.0997. The first-order chi connectivity index (χ1) is 19.0. The third kappa shape index (κ3) is 5.00. The number of rotatable bonds is 6. The molecular formula is C30H36FN5O3. The van der Waals surface area contributed by atoms with Gasteiger partial charge < -0.3 is 25.0 Å². The van der Waals surface area contributed by atoms with Gasteiger partial charge in [0.05, 0.1) is 17.9 Å². The van der Waals surface area contributed by atoms with E-state index in [1.165, 1.54) is 18.9 Å². The summed E-state index contributed by atoms with van der Waals surface area (Å²) in [5.41, 5.74) is 2.09. The summed E-state index contributed by atoms with van der Waals surface area (Å²) in [6.45, 7) is 5.20. The Balaban J connectivity index is 1.41. The molecule has 0 saturated carbocycles. The van der Waals surface area contributed by atoms with E-state index in [0.29, 0.717) is 52.1 Å². The molecule has 0 radical (unpaired) electrons. The van der Waals surface area contributed by atoms with Crippen molar-refractivity contribution in [3.63, 3.8) is 0 Å². The van der Waals surface area contributed by atoms with Crippen molar-refractivity contribution in [3.8, 4) is 11.8 Å². The van der Waals surface area contributed by atoms with Crippen LogP contribution >= 0.6 is 0 Å². The second-order valence-corrected chi connectivity index (χ2v) is 10.8. The predicted octanol–water partition coefficient (Wildman–Crippen LogP) is 5.10. The summed E-state index contributed by atoms with van der Waals surface area (Å²) >= 11 is 0. The van der Waals surface area contributed by atoms with Gasteiger partial charge in [-0.25, -0.2) is 4.39 Å². The first-order valence-corrected chi connectivity index (χ1v) is 14.3. The topological polar surface area (TPSA) is 90.8 Å². The SMILES string of the molecule is CCc1c(F)ccc2cc(O)cc(N3Cc4nc(OC[C@@H]5CCCCN5)nc(N5CCCCCC5)c4C3=O)c12. The summed E-state index contributed by atoms with van der Waals surface area (Å²) in [7, 11) is 0. The highest BCUT2D eigenvalue weighted by molar-refractivity contribution is 6.16. The summed E-state index contributed by atoms with van der Waals surface area (Å²) in [5.74, 6) is 0.0891. The Hall–Kier alpha value is -3.46. The molecule has 2 N–H and O–H groups in total. The van der Waals surface area contributed by atoms with Gasteiger partial charge in [0, 0.05) is 30.6 Å². The van der Waals surface area contributed by atoms with E-state index in [0.717, 1.165) is 51.7 Å². The van der Waals surface area contributed by atoms with Crippen molar-refractivity contribution >= 4 is 28.2 Å². The summed E-state index contributed by atoms with van der Waals surface area (Å²) < 4.78 is 21.0.